The third-order valence-electron chi connectivity index (χ3n) is 2.21. The van der Waals surface area contributed by atoms with E-state index < -0.39 is 0 Å². The summed E-state index contributed by atoms with van der Waals surface area (Å²) in [5.74, 6) is -0.193. The Morgan fingerprint density at radius 1 is 1.31 bits per heavy atom. The van der Waals surface area contributed by atoms with Crippen molar-refractivity contribution in [2.24, 2.45) is 0 Å². The standard InChI is InChI=1S/C12H9BrClFS/c13-10(11-4-5-12(14)16-11)7-8-2-1-3-9(15)6-8/h1-6,10H,7H2. The van der Waals surface area contributed by atoms with Gasteiger partial charge in [-0.2, -0.15) is 0 Å². The van der Waals surface area contributed by atoms with Gasteiger partial charge in [-0.15, -0.1) is 11.3 Å². The molecule has 4 heteroatoms. The maximum atomic E-state index is 13.0. The average molecular weight is 320 g/mol. The fourth-order valence-corrected chi connectivity index (χ4v) is 3.31. The van der Waals surface area contributed by atoms with E-state index in [1.807, 2.05) is 18.2 Å². The average Bonchev–Trinajstić information content (AvgIpc) is 2.65. The Kier molecular flexibility index (Phi) is 4.00. The van der Waals surface area contributed by atoms with Gasteiger partial charge in [-0.05, 0) is 36.2 Å². The molecule has 1 heterocycles. The third-order valence-corrected chi connectivity index (χ3v) is 4.67. The van der Waals surface area contributed by atoms with Crippen LogP contribution in [0.2, 0.25) is 4.34 Å². The van der Waals surface area contributed by atoms with Crippen LogP contribution in [0.3, 0.4) is 0 Å². The zero-order valence-electron chi connectivity index (χ0n) is 8.29. The van der Waals surface area contributed by atoms with Crippen molar-refractivity contribution in [1.82, 2.24) is 0 Å². The second-order valence-electron chi connectivity index (χ2n) is 3.44. The van der Waals surface area contributed by atoms with Crippen LogP contribution in [0.15, 0.2) is 36.4 Å². The normalized spacial score (nSPS) is 12.7. The summed E-state index contributed by atoms with van der Waals surface area (Å²) in [4.78, 5) is 1.35. The number of rotatable bonds is 3. The van der Waals surface area contributed by atoms with Crippen LogP contribution in [0, 0.1) is 5.82 Å². The lowest BCUT2D eigenvalue weighted by atomic mass is 10.1. The predicted molar refractivity (Wildman–Crippen MR) is 71.1 cm³/mol. The summed E-state index contributed by atoms with van der Waals surface area (Å²) < 4.78 is 13.8. The van der Waals surface area contributed by atoms with Gasteiger partial charge in [-0.1, -0.05) is 39.7 Å². The Balaban J connectivity index is 2.10. The first-order chi connectivity index (χ1) is 7.65. The van der Waals surface area contributed by atoms with E-state index >= 15 is 0 Å². The van der Waals surface area contributed by atoms with Crippen molar-refractivity contribution in [1.29, 1.82) is 0 Å². The quantitative estimate of drug-likeness (QED) is 0.680. The Hall–Kier alpha value is -0.380. The molecule has 0 amide bonds. The van der Waals surface area contributed by atoms with E-state index in [2.05, 4.69) is 15.9 Å². The van der Waals surface area contributed by atoms with Crippen molar-refractivity contribution in [3.05, 3.63) is 57.0 Å². The molecule has 0 aliphatic rings. The summed E-state index contributed by atoms with van der Waals surface area (Å²) in [5.41, 5.74) is 0.978. The summed E-state index contributed by atoms with van der Waals surface area (Å²) in [6.07, 6.45) is 0.759. The molecule has 0 fully saturated rings. The molecule has 0 radical (unpaired) electrons. The predicted octanol–water partition coefficient (Wildman–Crippen LogP) is 5.22. The lowest BCUT2D eigenvalue weighted by molar-refractivity contribution is 0.625. The minimum absolute atomic E-state index is 0.187. The molecule has 16 heavy (non-hydrogen) atoms. The van der Waals surface area contributed by atoms with Gasteiger partial charge in [0.25, 0.3) is 0 Å². The molecule has 1 atom stereocenters. The molecule has 2 aromatic rings. The highest BCUT2D eigenvalue weighted by Crippen LogP contribution is 2.34. The number of hydrogen-bond donors (Lipinski definition) is 0. The van der Waals surface area contributed by atoms with E-state index in [0.717, 1.165) is 21.2 Å². The van der Waals surface area contributed by atoms with Gasteiger partial charge in [-0.25, -0.2) is 4.39 Å². The highest BCUT2D eigenvalue weighted by Gasteiger charge is 2.11. The van der Waals surface area contributed by atoms with E-state index in [9.17, 15) is 4.39 Å². The molecular weight excluding hydrogens is 311 g/mol. The molecule has 84 valence electrons. The molecule has 0 saturated carbocycles. The van der Waals surface area contributed by atoms with Gasteiger partial charge < -0.3 is 0 Å². The highest BCUT2D eigenvalue weighted by molar-refractivity contribution is 9.09. The van der Waals surface area contributed by atoms with Crippen LogP contribution in [0.1, 0.15) is 15.3 Å². The van der Waals surface area contributed by atoms with Gasteiger partial charge in [-0.3, -0.25) is 0 Å². The van der Waals surface area contributed by atoms with Crippen LogP contribution in [0.5, 0.6) is 0 Å². The van der Waals surface area contributed by atoms with Gasteiger partial charge in [0.15, 0.2) is 0 Å². The van der Waals surface area contributed by atoms with E-state index in [4.69, 9.17) is 11.6 Å². The summed E-state index contributed by atoms with van der Waals surface area (Å²) in [6.45, 7) is 0. The van der Waals surface area contributed by atoms with E-state index in [1.54, 1.807) is 23.5 Å². The fourth-order valence-electron chi connectivity index (χ4n) is 1.47. The van der Waals surface area contributed by atoms with E-state index in [-0.39, 0.29) is 10.6 Å². The van der Waals surface area contributed by atoms with Crippen LogP contribution in [-0.2, 0) is 6.42 Å². The van der Waals surface area contributed by atoms with Crippen molar-refractivity contribution in [3.63, 3.8) is 0 Å². The molecule has 0 nitrogen and oxygen atoms in total. The zero-order chi connectivity index (χ0) is 11.5. The van der Waals surface area contributed by atoms with Gasteiger partial charge >= 0.3 is 0 Å². The molecule has 0 spiro atoms. The molecule has 1 unspecified atom stereocenters. The maximum absolute atomic E-state index is 13.0. The van der Waals surface area contributed by atoms with Gasteiger partial charge in [0.05, 0.1) is 9.16 Å². The third kappa shape index (κ3) is 3.06. The molecular formula is C12H9BrClFS. The lowest BCUT2D eigenvalue weighted by Gasteiger charge is -2.07. The second kappa shape index (κ2) is 5.30. The number of halogens is 3. The van der Waals surface area contributed by atoms with Crippen molar-refractivity contribution in [2.45, 2.75) is 11.2 Å². The van der Waals surface area contributed by atoms with E-state index in [1.165, 1.54) is 6.07 Å². The van der Waals surface area contributed by atoms with Crippen molar-refractivity contribution in [3.8, 4) is 0 Å². The lowest BCUT2D eigenvalue weighted by Crippen LogP contribution is -1.93. The first-order valence-corrected chi connectivity index (χ1v) is 6.90. The number of alkyl halides is 1. The SMILES string of the molecule is Fc1cccc(CC(Br)c2ccc(Cl)s2)c1. The summed E-state index contributed by atoms with van der Waals surface area (Å²) in [7, 11) is 0. The molecule has 1 aromatic carbocycles. The van der Waals surface area contributed by atoms with Crippen LogP contribution >= 0.6 is 38.9 Å². The number of hydrogen-bond acceptors (Lipinski definition) is 1. The molecule has 2 rings (SSSR count). The minimum Gasteiger partial charge on any atom is -0.207 e. The number of thiophene rings is 1. The Morgan fingerprint density at radius 3 is 2.75 bits per heavy atom. The summed E-state index contributed by atoms with van der Waals surface area (Å²) in [5, 5.41) is 0. The molecule has 0 N–H and O–H groups in total. The van der Waals surface area contributed by atoms with Gasteiger partial charge in [0.2, 0.25) is 0 Å². The Morgan fingerprint density at radius 2 is 2.12 bits per heavy atom. The monoisotopic (exact) mass is 318 g/mol. The summed E-state index contributed by atoms with van der Waals surface area (Å²) in [6, 6.07) is 10.5. The van der Waals surface area contributed by atoms with Crippen LogP contribution in [-0.4, -0.2) is 0 Å². The van der Waals surface area contributed by atoms with Crippen LogP contribution in [0.25, 0.3) is 0 Å². The van der Waals surface area contributed by atoms with Gasteiger partial charge in [0.1, 0.15) is 5.82 Å². The van der Waals surface area contributed by atoms with Gasteiger partial charge in [0, 0.05) is 4.88 Å². The summed E-state index contributed by atoms with van der Waals surface area (Å²) >= 11 is 11.0. The second-order valence-corrected chi connectivity index (χ2v) is 6.30. The zero-order valence-corrected chi connectivity index (χ0v) is 11.4. The highest BCUT2D eigenvalue weighted by atomic mass is 79.9. The van der Waals surface area contributed by atoms with Crippen molar-refractivity contribution >= 4 is 38.9 Å². The van der Waals surface area contributed by atoms with Crippen molar-refractivity contribution in [2.75, 3.05) is 0 Å². The smallest absolute Gasteiger partial charge is 0.123 e. The minimum atomic E-state index is -0.193. The largest absolute Gasteiger partial charge is 0.207 e. The van der Waals surface area contributed by atoms with Crippen LogP contribution < -0.4 is 0 Å². The topological polar surface area (TPSA) is 0 Å². The first kappa shape index (κ1) is 12.1. The fraction of sp³-hybridized carbons (Fsp3) is 0.167. The molecule has 0 aliphatic heterocycles. The maximum Gasteiger partial charge on any atom is 0.123 e. The van der Waals surface area contributed by atoms with E-state index in [0.29, 0.717) is 0 Å². The Labute approximate surface area is 111 Å². The molecule has 0 aliphatic carbocycles. The Bertz CT molecular complexity index is 483. The van der Waals surface area contributed by atoms with Crippen molar-refractivity contribution < 1.29 is 4.39 Å². The molecule has 0 saturated heterocycles. The van der Waals surface area contributed by atoms with Crippen LogP contribution in [0.4, 0.5) is 4.39 Å². The number of benzene rings is 1. The molecule has 0 bridgehead atoms. The molecule has 1 aromatic heterocycles. The first-order valence-electron chi connectivity index (χ1n) is 4.79.